The predicted molar refractivity (Wildman–Crippen MR) is 76.6 cm³/mol. The van der Waals surface area contributed by atoms with E-state index in [0.29, 0.717) is 6.42 Å². The van der Waals surface area contributed by atoms with Crippen molar-refractivity contribution in [2.24, 2.45) is 0 Å². The second kappa shape index (κ2) is 14.3. The smallest absolute Gasteiger partial charge is 0.480 e. The Hall–Kier alpha value is 0.380. The van der Waals surface area contributed by atoms with Gasteiger partial charge in [0.1, 0.15) is 0 Å². The van der Waals surface area contributed by atoms with Gasteiger partial charge in [-0.2, -0.15) is 8.42 Å². The summed E-state index contributed by atoms with van der Waals surface area (Å²) in [5.74, 6) is -1.47. The fourth-order valence-electron chi connectivity index (χ4n) is 1.86. The monoisotopic (exact) mass is 318 g/mol. The molecule has 0 saturated carbocycles. The largest absolute Gasteiger partial charge is 1.00 e. The molecule has 0 saturated heterocycles. The van der Waals surface area contributed by atoms with E-state index in [9.17, 15) is 13.2 Å². The minimum atomic E-state index is -4.47. The molecule has 0 fully saturated rings. The van der Waals surface area contributed by atoms with Gasteiger partial charge in [-0.3, -0.25) is 9.35 Å². The van der Waals surface area contributed by atoms with Crippen LogP contribution in [-0.4, -0.2) is 29.3 Å². The zero-order valence-electron chi connectivity index (χ0n) is 13.0. The molecule has 0 aromatic carbocycles. The van der Waals surface area contributed by atoms with E-state index in [4.69, 9.17) is 9.66 Å². The van der Waals surface area contributed by atoms with Crippen LogP contribution in [0, 0.1) is 7.43 Å². The normalized spacial score (nSPS) is 12.1. The van der Waals surface area contributed by atoms with Crippen molar-refractivity contribution >= 4 is 16.1 Å². The van der Waals surface area contributed by atoms with Gasteiger partial charge in [0.2, 0.25) is 0 Å². The molecule has 5 nitrogen and oxygen atoms in total. The zero-order chi connectivity index (χ0) is 14.0. The molecular weight excluding hydrogens is 291 g/mol. The molecule has 1 atom stereocenters. The third-order valence-corrected chi connectivity index (χ3v) is 4.11. The summed E-state index contributed by atoms with van der Waals surface area (Å²) in [6.07, 6.45) is 8.25. The number of carbonyl (C=O) groups is 1. The first-order valence-corrected chi connectivity index (χ1v) is 8.09. The third kappa shape index (κ3) is 13.4. The summed E-state index contributed by atoms with van der Waals surface area (Å²) in [4.78, 5) is 10.6. The molecule has 0 heterocycles. The Balaban J connectivity index is -0.00000144. The summed E-state index contributed by atoms with van der Waals surface area (Å²) >= 11 is 0. The van der Waals surface area contributed by atoms with Gasteiger partial charge in [-0.15, -0.1) is 0 Å². The van der Waals surface area contributed by atoms with E-state index in [1.165, 1.54) is 25.7 Å². The van der Waals surface area contributed by atoms with Crippen molar-refractivity contribution in [3.8, 4) is 0 Å². The number of hydrogen-bond acceptors (Lipinski definition) is 3. The number of rotatable bonds is 11. The summed E-state index contributed by atoms with van der Waals surface area (Å²) in [6.45, 7) is 2.15. The zero-order valence-corrected chi connectivity index (χ0v) is 15.8. The van der Waals surface area contributed by atoms with Crippen LogP contribution in [0.5, 0.6) is 0 Å². The topological polar surface area (TPSA) is 91.7 Å². The van der Waals surface area contributed by atoms with E-state index in [0.717, 1.165) is 19.3 Å². The van der Waals surface area contributed by atoms with E-state index < -0.39 is 21.3 Å². The van der Waals surface area contributed by atoms with Crippen molar-refractivity contribution in [1.82, 2.24) is 0 Å². The van der Waals surface area contributed by atoms with E-state index >= 15 is 0 Å². The summed E-state index contributed by atoms with van der Waals surface area (Å²) in [7, 11) is -4.47. The van der Waals surface area contributed by atoms with E-state index in [1.807, 2.05) is 0 Å². The third-order valence-electron chi connectivity index (χ3n) is 2.95. The molecule has 0 radical (unpaired) electrons. The molecule has 0 rings (SSSR count). The van der Waals surface area contributed by atoms with E-state index in [1.54, 1.807) is 0 Å². The fraction of sp³-hybridized carbons (Fsp3) is 0.846. The standard InChI is InChI=1S/C12H24O5S.CH3.Na/c1-2-3-4-5-6-7-8-9-10-11(12(13)14)18(15,16)17;;/h11H,2-10H2,1H3,(H,13,14)(H,15,16,17);1H3;/q;-1;+1. The Morgan fingerprint density at radius 3 is 1.75 bits per heavy atom. The Kier molecular flexibility index (Phi) is 18.1. The Bertz CT molecular complexity index is 330. The Morgan fingerprint density at radius 2 is 1.40 bits per heavy atom. The second-order valence-electron chi connectivity index (χ2n) is 4.61. The molecule has 0 aliphatic heterocycles. The molecule has 0 aromatic rings. The van der Waals surface area contributed by atoms with Crippen molar-refractivity contribution < 1.29 is 52.4 Å². The average molecular weight is 318 g/mol. The van der Waals surface area contributed by atoms with Crippen LogP contribution in [0.1, 0.15) is 64.7 Å². The molecule has 0 aliphatic carbocycles. The van der Waals surface area contributed by atoms with Gasteiger partial charge >= 0.3 is 35.5 Å². The molecule has 20 heavy (non-hydrogen) atoms. The minimum absolute atomic E-state index is 0. The van der Waals surface area contributed by atoms with Gasteiger partial charge in [-0.1, -0.05) is 58.3 Å². The van der Waals surface area contributed by atoms with Crippen molar-refractivity contribution in [2.75, 3.05) is 0 Å². The maximum Gasteiger partial charge on any atom is 1.00 e. The van der Waals surface area contributed by atoms with Crippen LogP contribution in [0.2, 0.25) is 0 Å². The molecule has 0 aromatic heterocycles. The first-order valence-electron chi connectivity index (χ1n) is 6.58. The average Bonchev–Trinajstić information content (AvgIpc) is 2.24. The van der Waals surface area contributed by atoms with Crippen LogP contribution >= 0.6 is 0 Å². The van der Waals surface area contributed by atoms with Gasteiger partial charge in [0.25, 0.3) is 10.1 Å². The van der Waals surface area contributed by atoms with Gasteiger partial charge in [0, 0.05) is 0 Å². The SMILES string of the molecule is CCCCCCCCCCC(C(=O)O)S(=O)(=O)O.[CH3-].[Na+]. The van der Waals surface area contributed by atoms with Crippen LogP contribution in [-0.2, 0) is 14.9 Å². The van der Waals surface area contributed by atoms with Crippen LogP contribution in [0.3, 0.4) is 0 Å². The maximum atomic E-state index is 10.8. The predicted octanol–water partition coefficient (Wildman–Crippen LogP) is 0.312. The summed E-state index contributed by atoms with van der Waals surface area (Å²) in [5, 5.41) is 7.00. The van der Waals surface area contributed by atoms with Gasteiger partial charge in [-0.25, -0.2) is 0 Å². The number of carboxylic acids is 1. The molecule has 0 spiro atoms. The van der Waals surface area contributed by atoms with E-state index in [-0.39, 0.29) is 43.4 Å². The van der Waals surface area contributed by atoms with Gasteiger partial charge in [-0.05, 0) is 6.42 Å². The Labute approximate surface area is 145 Å². The number of hydrogen-bond donors (Lipinski definition) is 2. The molecule has 7 heteroatoms. The summed E-state index contributed by atoms with van der Waals surface area (Å²) in [5.41, 5.74) is 0. The quantitative estimate of drug-likeness (QED) is 0.248. The van der Waals surface area contributed by atoms with Crippen LogP contribution in [0.25, 0.3) is 0 Å². The van der Waals surface area contributed by atoms with Crippen molar-refractivity contribution in [1.29, 1.82) is 0 Å². The fourth-order valence-corrected chi connectivity index (χ4v) is 2.58. The van der Waals surface area contributed by atoms with Crippen molar-refractivity contribution in [3.63, 3.8) is 0 Å². The van der Waals surface area contributed by atoms with Crippen LogP contribution in [0.4, 0.5) is 0 Å². The molecule has 1 unspecified atom stereocenters. The molecule has 116 valence electrons. The maximum absolute atomic E-state index is 10.8. The summed E-state index contributed by atoms with van der Waals surface area (Å²) in [6, 6.07) is 0. The van der Waals surface area contributed by atoms with Crippen LogP contribution < -0.4 is 29.6 Å². The van der Waals surface area contributed by atoms with E-state index in [2.05, 4.69) is 6.92 Å². The molecule has 0 bridgehead atoms. The first-order chi connectivity index (χ1) is 8.39. The first kappa shape index (κ1) is 25.3. The number of unbranched alkanes of at least 4 members (excludes halogenated alkanes) is 7. The Morgan fingerprint density at radius 1 is 1.00 bits per heavy atom. The number of carboxylic acid groups (broad SMARTS) is 1. The van der Waals surface area contributed by atoms with Crippen molar-refractivity contribution in [2.45, 2.75) is 70.0 Å². The molecule has 0 aliphatic rings. The second-order valence-corrected chi connectivity index (χ2v) is 6.20. The van der Waals surface area contributed by atoms with Crippen molar-refractivity contribution in [3.05, 3.63) is 7.43 Å². The molecular formula is C13H27NaO5S. The van der Waals surface area contributed by atoms with Gasteiger partial charge in [0.15, 0.2) is 5.25 Å². The number of aliphatic carboxylic acids is 1. The summed E-state index contributed by atoms with van der Waals surface area (Å²) < 4.78 is 30.3. The van der Waals surface area contributed by atoms with Gasteiger partial charge < -0.3 is 12.5 Å². The minimum Gasteiger partial charge on any atom is -0.480 e. The molecule has 0 amide bonds. The molecule has 2 N–H and O–H groups in total. The van der Waals surface area contributed by atoms with Crippen LogP contribution in [0.15, 0.2) is 0 Å². The van der Waals surface area contributed by atoms with Gasteiger partial charge in [0.05, 0.1) is 0 Å².